The highest BCUT2D eigenvalue weighted by Crippen LogP contribution is 2.36. The van der Waals surface area contributed by atoms with Gasteiger partial charge in [0.1, 0.15) is 11.1 Å². The molecule has 0 N–H and O–H groups in total. The number of hydrogen-bond acceptors (Lipinski definition) is 6. The number of carbonyl (C=O) groups excluding carboxylic acids is 1. The van der Waals surface area contributed by atoms with Crippen molar-refractivity contribution in [3.05, 3.63) is 59.1 Å². The quantitative estimate of drug-likeness (QED) is 0.547. The normalized spacial score (nSPS) is 16.1. The third-order valence-electron chi connectivity index (χ3n) is 5.03. The molecule has 6 nitrogen and oxygen atoms in total. The van der Waals surface area contributed by atoms with Crippen molar-refractivity contribution in [2.24, 2.45) is 0 Å². The highest BCUT2D eigenvalue weighted by molar-refractivity contribution is 7.18. The molecule has 0 bridgehead atoms. The van der Waals surface area contributed by atoms with Crippen molar-refractivity contribution in [1.29, 1.82) is 5.26 Å². The minimum atomic E-state index is -0.0495. The van der Waals surface area contributed by atoms with Crippen LogP contribution in [0.3, 0.4) is 0 Å². The highest BCUT2D eigenvalue weighted by atomic mass is 32.1. The second-order valence-corrected chi connectivity index (χ2v) is 7.96. The zero-order chi connectivity index (χ0) is 20.9. The monoisotopic (exact) mass is 419 g/mol. The Kier molecular flexibility index (Phi) is 5.96. The van der Waals surface area contributed by atoms with Crippen LogP contribution >= 0.6 is 11.3 Å². The molecule has 2 heterocycles. The van der Waals surface area contributed by atoms with Gasteiger partial charge in [-0.2, -0.15) is 5.26 Å². The van der Waals surface area contributed by atoms with E-state index < -0.39 is 0 Å². The Labute approximate surface area is 179 Å². The molecule has 1 amide bonds. The molecule has 0 unspecified atom stereocenters. The van der Waals surface area contributed by atoms with Crippen LogP contribution in [0.25, 0.3) is 16.3 Å². The van der Waals surface area contributed by atoms with Crippen LogP contribution < -0.4 is 9.47 Å². The molecule has 152 valence electrons. The Balaban J connectivity index is 1.50. The molecule has 1 aromatic heterocycles. The molecule has 0 aliphatic carbocycles. The summed E-state index contributed by atoms with van der Waals surface area (Å²) in [6.45, 7) is 0.681. The molecule has 0 saturated carbocycles. The second-order valence-electron chi connectivity index (χ2n) is 6.90. The summed E-state index contributed by atoms with van der Waals surface area (Å²) in [5.41, 5.74) is 1.80. The molecule has 0 radical (unpaired) electrons. The number of carbonyl (C=O) groups is 1. The van der Waals surface area contributed by atoms with Crippen LogP contribution in [0.1, 0.15) is 29.5 Å². The molecule has 7 heteroatoms. The number of thiazole rings is 1. The Hall–Kier alpha value is -3.37. The Bertz CT molecular complexity index is 1100. The lowest BCUT2D eigenvalue weighted by Crippen LogP contribution is -2.28. The lowest BCUT2D eigenvalue weighted by Gasteiger charge is -2.21. The summed E-state index contributed by atoms with van der Waals surface area (Å²) in [7, 11) is 1.54. The largest absolute Gasteiger partial charge is 0.493 e. The summed E-state index contributed by atoms with van der Waals surface area (Å²) in [6.07, 6.45) is 5.26. The van der Waals surface area contributed by atoms with Crippen LogP contribution in [0.4, 0.5) is 0 Å². The van der Waals surface area contributed by atoms with E-state index in [1.54, 1.807) is 42.7 Å². The summed E-state index contributed by atoms with van der Waals surface area (Å²) in [5.74, 6) is 0.992. The number of nitriles is 1. The fraction of sp³-hybridized carbons (Fsp3) is 0.261. The van der Waals surface area contributed by atoms with Crippen molar-refractivity contribution in [1.82, 2.24) is 9.88 Å². The summed E-state index contributed by atoms with van der Waals surface area (Å²) in [5, 5.41) is 9.66. The van der Waals surface area contributed by atoms with Gasteiger partial charge in [-0.25, -0.2) is 4.98 Å². The SMILES string of the molecule is COc1cc(/C=C/C(=O)N2CCC[C@@H]2c2nc3ccccc3s2)ccc1OCC#N. The van der Waals surface area contributed by atoms with Crippen LogP contribution in [0.15, 0.2) is 48.5 Å². The topological polar surface area (TPSA) is 75.4 Å². The first-order valence-corrected chi connectivity index (χ1v) is 10.5. The molecule has 4 rings (SSSR count). The number of benzene rings is 2. The van der Waals surface area contributed by atoms with E-state index in [1.165, 1.54) is 0 Å². The van der Waals surface area contributed by atoms with Crippen molar-refractivity contribution in [2.45, 2.75) is 18.9 Å². The van der Waals surface area contributed by atoms with E-state index in [2.05, 4.69) is 6.07 Å². The number of ether oxygens (including phenoxy) is 2. The number of aromatic nitrogens is 1. The molecule has 30 heavy (non-hydrogen) atoms. The van der Waals surface area contributed by atoms with Crippen molar-refractivity contribution in [2.75, 3.05) is 20.3 Å². The molecule has 1 saturated heterocycles. The molecule has 1 fully saturated rings. The first kappa shape index (κ1) is 19.9. The van der Waals surface area contributed by atoms with E-state index in [1.807, 2.05) is 35.2 Å². The molecule has 3 aromatic rings. The zero-order valence-corrected chi connectivity index (χ0v) is 17.4. The minimum Gasteiger partial charge on any atom is -0.493 e. The van der Waals surface area contributed by atoms with Gasteiger partial charge in [0.05, 0.1) is 23.4 Å². The van der Waals surface area contributed by atoms with Gasteiger partial charge < -0.3 is 14.4 Å². The van der Waals surface area contributed by atoms with E-state index in [-0.39, 0.29) is 18.6 Å². The highest BCUT2D eigenvalue weighted by Gasteiger charge is 2.31. The Morgan fingerprint density at radius 2 is 2.20 bits per heavy atom. The zero-order valence-electron chi connectivity index (χ0n) is 16.6. The van der Waals surface area contributed by atoms with Crippen LogP contribution in [0.5, 0.6) is 11.5 Å². The van der Waals surface area contributed by atoms with Crippen molar-refractivity contribution in [3.8, 4) is 17.6 Å². The summed E-state index contributed by atoms with van der Waals surface area (Å²) in [6, 6.07) is 15.4. The fourth-order valence-electron chi connectivity index (χ4n) is 3.60. The average Bonchev–Trinajstić information content (AvgIpc) is 3.43. The van der Waals surface area contributed by atoms with E-state index in [0.717, 1.165) is 40.2 Å². The number of amides is 1. The smallest absolute Gasteiger partial charge is 0.247 e. The van der Waals surface area contributed by atoms with Gasteiger partial charge in [-0.15, -0.1) is 11.3 Å². The molecular formula is C23H21N3O3S. The minimum absolute atomic E-state index is 0.0239. The van der Waals surface area contributed by atoms with Crippen molar-refractivity contribution >= 4 is 33.5 Å². The summed E-state index contributed by atoms with van der Waals surface area (Å²) >= 11 is 1.66. The number of likely N-dealkylation sites (tertiary alicyclic amines) is 1. The third kappa shape index (κ3) is 4.14. The van der Waals surface area contributed by atoms with Gasteiger partial charge in [0.15, 0.2) is 18.1 Å². The van der Waals surface area contributed by atoms with Crippen LogP contribution in [-0.2, 0) is 4.79 Å². The fourth-order valence-corrected chi connectivity index (χ4v) is 4.72. The van der Waals surface area contributed by atoms with E-state index in [4.69, 9.17) is 19.7 Å². The third-order valence-corrected chi connectivity index (χ3v) is 6.17. The van der Waals surface area contributed by atoms with Gasteiger partial charge in [0.2, 0.25) is 5.91 Å². The molecule has 1 aliphatic heterocycles. The summed E-state index contributed by atoms with van der Waals surface area (Å²) < 4.78 is 11.8. The Morgan fingerprint density at radius 3 is 3.00 bits per heavy atom. The van der Waals surface area contributed by atoms with Gasteiger partial charge >= 0.3 is 0 Å². The van der Waals surface area contributed by atoms with Gasteiger partial charge in [-0.3, -0.25) is 4.79 Å². The molecule has 0 spiro atoms. The van der Waals surface area contributed by atoms with Gasteiger partial charge in [-0.1, -0.05) is 18.2 Å². The number of hydrogen-bond donors (Lipinski definition) is 0. The van der Waals surface area contributed by atoms with E-state index >= 15 is 0 Å². The predicted molar refractivity (Wildman–Crippen MR) is 116 cm³/mol. The molecular weight excluding hydrogens is 398 g/mol. The Morgan fingerprint density at radius 1 is 1.33 bits per heavy atom. The average molecular weight is 420 g/mol. The first-order valence-electron chi connectivity index (χ1n) is 9.71. The number of methoxy groups -OCH3 is 1. The van der Waals surface area contributed by atoms with Gasteiger partial charge in [0.25, 0.3) is 0 Å². The van der Waals surface area contributed by atoms with E-state index in [0.29, 0.717) is 11.5 Å². The van der Waals surface area contributed by atoms with Crippen molar-refractivity contribution in [3.63, 3.8) is 0 Å². The van der Waals surface area contributed by atoms with Crippen molar-refractivity contribution < 1.29 is 14.3 Å². The predicted octanol–water partition coefficient (Wildman–Crippen LogP) is 4.58. The lowest BCUT2D eigenvalue weighted by molar-refractivity contribution is -0.126. The maximum absolute atomic E-state index is 12.9. The number of nitrogens with zero attached hydrogens (tertiary/aromatic N) is 3. The maximum atomic E-state index is 12.9. The molecule has 1 aliphatic rings. The number of rotatable bonds is 6. The standard InChI is InChI=1S/C23H21N3O3S/c1-28-20-15-16(8-10-19(20)29-14-12-24)9-11-22(27)26-13-4-6-18(26)23-25-17-5-2-3-7-21(17)30-23/h2-3,5,7-11,15,18H,4,6,13-14H2,1H3/b11-9+/t18-/m1/s1. The van der Waals surface area contributed by atoms with Crippen LogP contribution in [-0.4, -0.2) is 36.1 Å². The van der Waals surface area contributed by atoms with E-state index in [9.17, 15) is 4.79 Å². The lowest BCUT2D eigenvalue weighted by atomic mass is 10.1. The summed E-state index contributed by atoms with van der Waals surface area (Å²) in [4.78, 5) is 19.6. The number of para-hydroxylation sites is 1. The van der Waals surface area contributed by atoms with Crippen LogP contribution in [0.2, 0.25) is 0 Å². The van der Waals surface area contributed by atoms with Gasteiger partial charge in [-0.05, 0) is 48.7 Å². The molecule has 1 atom stereocenters. The maximum Gasteiger partial charge on any atom is 0.247 e. The second kappa shape index (κ2) is 8.97. The van der Waals surface area contributed by atoms with Gasteiger partial charge in [0, 0.05) is 12.6 Å². The van der Waals surface area contributed by atoms with Crippen LogP contribution in [0, 0.1) is 11.3 Å². The molecule has 2 aromatic carbocycles. The number of fused-ring (bicyclic) bond motifs is 1. The first-order chi connectivity index (χ1) is 14.7.